The van der Waals surface area contributed by atoms with Crippen LogP contribution in [0.2, 0.25) is 0 Å². The Labute approximate surface area is 411 Å². The van der Waals surface area contributed by atoms with Crippen LogP contribution in [0.3, 0.4) is 0 Å². The first-order valence-electron chi connectivity index (χ1n) is 23.9. The number of anilines is 1. The Bertz CT molecular complexity index is 3260. The topological polar surface area (TPSA) is 194 Å². The molecule has 0 saturated carbocycles. The van der Waals surface area contributed by atoms with Crippen molar-refractivity contribution in [3.05, 3.63) is 161 Å². The molecule has 5 aromatic carbocycles. The van der Waals surface area contributed by atoms with Crippen molar-refractivity contribution in [2.45, 2.75) is 89.9 Å². The Hall–Kier alpha value is -5.38. The molecule has 0 radical (unpaired) electrons. The van der Waals surface area contributed by atoms with Crippen LogP contribution in [0.25, 0.3) is 21.5 Å². The van der Waals surface area contributed by atoms with Crippen molar-refractivity contribution < 1.29 is 49.4 Å². The van der Waals surface area contributed by atoms with E-state index in [1.165, 1.54) is 11.1 Å². The van der Waals surface area contributed by atoms with Crippen LogP contribution in [-0.2, 0) is 42.1 Å². The van der Waals surface area contributed by atoms with Crippen LogP contribution in [0.4, 0.5) is 11.4 Å². The minimum atomic E-state index is -4.70. The van der Waals surface area contributed by atoms with Crippen molar-refractivity contribution >= 4 is 66.7 Å². The minimum absolute atomic E-state index is 0.0818. The lowest BCUT2D eigenvalue weighted by Gasteiger charge is -2.28. The Morgan fingerprint density at radius 3 is 1.96 bits per heavy atom. The summed E-state index contributed by atoms with van der Waals surface area (Å²) < 4.78 is 84.3. The Morgan fingerprint density at radius 2 is 1.33 bits per heavy atom. The summed E-state index contributed by atoms with van der Waals surface area (Å²) in [5, 5.41) is 8.30. The Morgan fingerprint density at radius 1 is 0.729 bits per heavy atom. The monoisotopic (exact) mass is 1010 g/mol. The van der Waals surface area contributed by atoms with E-state index >= 15 is 0 Å². The smallest absolute Gasteiger partial charge is 0.404 e. The summed E-state index contributed by atoms with van der Waals surface area (Å²) in [6, 6.07) is 32.2. The molecule has 0 spiro atoms. The molecule has 0 fully saturated rings. The number of hydrogen-bond acceptors (Lipinski definition) is 8. The zero-order valence-electron chi connectivity index (χ0n) is 40.1. The largest absolute Gasteiger partial charge is 0.524 e. The first kappa shape index (κ1) is 51.0. The van der Waals surface area contributed by atoms with Gasteiger partial charge in [-0.15, -0.1) is 0 Å². The third-order valence-electron chi connectivity index (χ3n) is 13.9. The number of hydrogen-bond donors (Lipinski definition) is 5. The van der Waals surface area contributed by atoms with E-state index in [1.807, 2.05) is 24.3 Å². The predicted octanol–water partition coefficient (Wildman–Crippen LogP) is 10.6. The summed E-state index contributed by atoms with van der Waals surface area (Å²) in [4.78, 5) is 20.9. The number of unbranched alkanes of at least 4 members (excludes halogenated alkanes) is 2. The zero-order valence-corrected chi connectivity index (χ0v) is 42.7. The second kappa shape index (κ2) is 20.4. The molecule has 5 aromatic rings. The summed E-state index contributed by atoms with van der Waals surface area (Å²) in [6.45, 7) is 10.6. The summed E-state index contributed by atoms with van der Waals surface area (Å²) in [6.07, 6.45) is 13.7. The standard InChI is InChI=1S/C54H62N3O10PS2/c1-53(2)46-34-41-14-5-7-16-43(41)36-48(46)56(30-9-11-32-69(61,62)63)50(53)26-22-39-18-13-19-40(52(39)55-29-28-38-20-24-45(25-21-38)67-68(58,59)60)23-27-51-54(3,4)47-35-42-15-6-8-17-44(42)37-49(47)57(51)31-10-12-33-70(64,65)66/h5-8,14-17,20-27,34-37H,9-13,18-19,28-33H2,1-4H3,(H4,58,59,60,61,62,63,64,65,66)/p+1. The zero-order chi connectivity index (χ0) is 50.1. The van der Waals surface area contributed by atoms with Crippen molar-refractivity contribution in [3.8, 4) is 5.75 Å². The predicted molar refractivity (Wildman–Crippen MR) is 279 cm³/mol. The summed E-state index contributed by atoms with van der Waals surface area (Å²) >= 11 is 0. The van der Waals surface area contributed by atoms with Gasteiger partial charge in [-0.1, -0.05) is 86.7 Å². The van der Waals surface area contributed by atoms with Gasteiger partial charge >= 0.3 is 7.82 Å². The van der Waals surface area contributed by atoms with Gasteiger partial charge in [-0.2, -0.15) is 21.4 Å². The fourth-order valence-electron chi connectivity index (χ4n) is 10.3. The van der Waals surface area contributed by atoms with Gasteiger partial charge in [0.2, 0.25) is 5.69 Å². The van der Waals surface area contributed by atoms with Gasteiger partial charge in [-0.25, -0.2) is 4.57 Å². The molecule has 0 amide bonds. The molecule has 2 heterocycles. The second-order valence-corrected chi connectivity index (χ2v) is 23.9. The highest BCUT2D eigenvalue weighted by molar-refractivity contribution is 7.86. The van der Waals surface area contributed by atoms with E-state index < -0.39 is 38.9 Å². The number of nitrogens with one attached hydrogen (secondary N) is 1. The average Bonchev–Trinajstić information content (AvgIpc) is 3.62. The SMILES string of the molecule is CC1(C)C(=CC=C2CCCC(C=CC3=[N+](CCCCS(=O)(=O)O)c4cc5ccccc5cc4C3(C)C)=C2NCCc2ccc(OP(=O)(O)O)cc2)N(CCCCS(=O)(=O)O)c2cc3ccccc3cc21. The van der Waals surface area contributed by atoms with Gasteiger partial charge in [0.25, 0.3) is 20.2 Å². The molecule has 0 atom stereocenters. The molecule has 0 saturated heterocycles. The Kier molecular flexibility index (Phi) is 14.9. The van der Waals surface area contributed by atoms with E-state index in [9.17, 15) is 40.3 Å². The third kappa shape index (κ3) is 11.9. The van der Waals surface area contributed by atoms with Crippen molar-refractivity contribution in [3.63, 3.8) is 0 Å². The van der Waals surface area contributed by atoms with Gasteiger partial charge in [0.15, 0.2) is 5.71 Å². The molecule has 1 aliphatic carbocycles. The van der Waals surface area contributed by atoms with Gasteiger partial charge in [-0.3, -0.25) is 18.9 Å². The summed E-state index contributed by atoms with van der Waals surface area (Å²) in [5.74, 6) is -0.521. The maximum absolute atomic E-state index is 11.7. The molecule has 16 heteroatoms. The van der Waals surface area contributed by atoms with Crippen LogP contribution in [-0.4, -0.2) is 77.2 Å². The highest BCUT2D eigenvalue weighted by atomic mass is 32.2. The lowest BCUT2D eigenvalue weighted by atomic mass is 9.80. The van der Waals surface area contributed by atoms with Crippen LogP contribution in [0.1, 0.15) is 89.3 Å². The molecule has 2 aliphatic heterocycles. The number of fused-ring (bicyclic) bond motifs is 4. The molecular weight excluding hydrogens is 946 g/mol. The molecule has 0 aromatic heterocycles. The van der Waals surface area contributed by atoms with E-state index in [0.29, 0.717) is 51.7 Å². The van der Waals surface area contributed by atoms with E-state index in [4.69, 9.17) is 4.52 Å². The van der Waals surface area contributed by atoms with Gasteiger partial charge < -0.3 is 14.7 Å². The molecule has 13 nitrogen and oxygen atoms in total. The minimum Gasteiger partial charge on any atom is -0.404 e. The maximum Gasteiger partial charge on any atom is 0.524 e. The van der Waals surface area contributed by atoms with Crippen LogP contribution in [0.15, 0.2) is 144 Å². The Balaban J connectivity index is 1.19. The number of rotatable bonds is 19. The number of allylic oxidation sites excluding steroid dienone is 7. The quantitative estimate of drug-likeness (QED) is 0.0228. The molecule has 8 rings (SSSR count). The van der Waals surface area contributed by atoms with Crippen molar-refractivity contribution in [2.24, 2.45) is 0 Å². The van der Waals surface area contributed by atoms with Gasteiger partial charge in [-0.05, 0) is 139 Å². The molecular formula is C54H63N3O10PS2+. The summed E-state index contributed by atoms with van der Waals surface area (Å²) in [5.41, 5.74) is 10.1. The normalized spacial score (nSPS) is 18.2. The molecule has 3 aliphatic rings. The van der Waals surface area contributed by atoms with E-state index in [0.717, 1.165) is 86.0 Å². The van der Waals surface area contributed by atoms with Gasteiger partial charge in [0.05, 0.1) is 16.9 Å². The van der Waals surface area contributed by atoms with Crippen molar-refractivity contribution in [2.75, 3.05) is 36.0 Å². The first-order valence-corrected chi connectivity index (χ1v) is 28.6. The highest BCUT2D eigenvalue weighted by Crippen LogP contribution is 2.50. The molecule has 370 valence electrons. The average molecular weight is 1010 g/mol. The van der Waals surface area contributed by atoms with Crippen LogP contribution in [0, 0.1) is 0 Å². The third-order valence-corrected chi connectivity index (χ3v) is 15.9. The first-order chi connectivity index (χ1) is 33.1. The molecule has 70 heavy (non-hydrogen) atoms. The number of nitrogens with zero attached hydrogens (tertiary/aromatic N) is 2. The fourth-order valence-corrected chi connectivity index (χ4v) is 11.9. The van der Waals surface area contributed by atoms with Gasteiger partial charge in [0.1, 0.15) is 12.3 Å². The molecule has 0 bridgehead atoms. The highest BCUT2D eigenvalue weighted by Gasteiger charge is 2.45. The number of phosphoric acid groups is 1. The maximum atomic E-state index is 11.7. The lowest BCUT2D eigenvalue weighted by Crippen LogP contribution is -2.28. The van der Waals surface area contributed by atoms with Crippen LogP contribution < -0.4 is 14.7 Å². The lowest BCUT2D eigenvalue weighted by molar-refractivity contribution is -0.438. The summed E-state index contributed by atoms with van der Waals surface area (Å²) in [7, 11) is -12.9. The van der Waals surface area contributed by atoms with E-state index in [-0.39, 0.29) is 17.3 Å². The van der Waals surface area contributed by atoms with Crippen molar-refractivity contribution in [1.29, 1.82) is 0 Å². The number of benzene rings is 5. The second-order valence-electron chi connectivity index (χ2n) is 19.6. The van der Waals surface area contributed by atoms with Gasteiger partial charge in [0, 0.05) is 59.7 Å². The van der Waals surface area contributed by atoms with E-state index in [2.05, 4.69) is 115 Å². The fraction of sp³-hybridized carbons (Fsp3) is 0.352. The van der Waals surface area contributed by atoms with Crippen molar-refractivity contribution in [1.82, 2.24) is 5.32 Å². The number of phosphoric ester groups is 1. The van der Waals surface area contributed by atoms with E-state index in [1.54, 1.807) is 24.3 Å². The molecule has 5 N–H and O–H groups in total. The molecule has 0 unspecified atom stereocenters. The van der Waals surface area contributed by atoms with Crippen LogP contribution >= 0.6 is 7.82 Å². The van der Waals surface area contributed by atoms with Crippen LogP contribution in [0.5, 0.6) is 5.75 Å².